The van der Waals surface area contributed by atoms with Crippen molar-refractivity contribution in [1.82, 2.24) is 9.21 Å². The summed E-state index contributed by atoms with van der Waals surface area (Å²) in [4.78, 5) is 14.4. The van der Waals surface area contributed by atoms with E-state index in [-0.39, 0.29) is 10.8 Å². The molecule has 0 saturated heterocycles. The van der Waals surface area contributed by atoms with Crippen molar-refractivity contribution in [3.05, 3.63) is 24.3 Å². The van der Waals surface area contributed by atoms with Crippen LogP contribution in [0.5, 0.6) is 0 Å². The van der Waals surface area contributed by atoms with Gasteiger partial charge in [-0.2, -0.15) is 0 Å². The van der Waals surface area contributed by atoms with Gasteiger partial charge in [-0.3, -0.25) is 9.69 Å². The molecule has 6 nitrogen and oxygen atoms in total. The van der Waals surface area contributed by atoms with Crippen LogP contribution in [0, 0.1) is 0 Å². The number of benzene rings is 1. The molecule has 1 fully saturated rings. The van der Waals surface area contributed by atoms with Gasteiger partial charge in [-0.25, -0.2) is 12.7 Å². The van der Waals surface area contributed by atoms with Crippen molar-refractivity contribution in [3.63, 3.8) is 0 Å². The van der Waals surface area contributed by atoms with E-state index in [9.17, 15) is 13.2 Å². The summed E-state index contributed by atoms with van der Waals surface area (Å²) < 4.78 is 25.1. The Balaban J connectivity index is 1.94. The summed E-state index contributed by atoms with van der Waals surface area (Å²) in [5, 5.41) is 2.82. The molecule has 0 atom stereocenters. The number of carbonyl (C=O) groups excluding carboxylic acids is 1. The molecule has 0 unspecified atom stereocenters. The number of amides is 1. The molecule has 0 heterocycles. The summed E-state index contributed by atoms with van der Waals surface area (Å²) >= 11 is 0. The first-order valence-electron chi connectivity index (χ1n) is 7.83. The van der Waals surface area contributed by atoms with E-state index in [1.54, 1.807) is 12.1 Å². The lowest BCUT2D eigenvalue weighted by atomic mass is 10.2. The summed E-state index contributed by atoms with van der Waals surface area (Å²) in [6.07, 6.45) is 4.78. The van der Waals surface area contributed by atoms with Crippen LogP contribution in [0.3, 0.4) is 0 Å². The predicted molar refractivity (Wildman–Crippen MR) is 90.8 cm³/mol. The van der Waals surface area contributed by atoms with Crippen LogP contribution in [0.2, 0.25) is 0 Å². The molecular formula is C16H25N3O3S. The maximum absolute atomic E-state index is 12.1. The zero-order valence-corrected chi connectivity index (χ0v) is 14.8. The molecule has 128 valence electrons. The van der Waals surface area contributed by atoms with Gasteiger partial charge < -0.3 is 5.32 Å². The summed E-state index contributed by atoms with van der Waals surface area (Å²) in [5.74, 6) is -0.0809. The van der Waals surface area contributed by atoms with Crippen molar-refractivity contribution in [2.24, 2.45) is 0 Å². The molecule has 0 radical (unpaired) electrons. The maximum Gasteiger partial charge on any atom is 0.242 e. The van der Waals surface area contributed by atoms with Gasteiger partial charge in [0.1, 0.15) is 0 Å². The summed E-state index contributed by atoms with van der Waals surface area (Å²) in [7, 11) is 1.51. The number of nitrogens with one attached hydrogen (secondary N) is 1. The van der Waals surface area contributed by atoms with Crippen molar-refractivity contribution in [2.75, 3.05) is 33.0 Å². The first-order chi connectivity index (χ1) is 10.8. The molecule has 1 aromatic rings. The smallest absolute Gasteiger partial charge is 0.242 e. The standard InChI is InChI=1S/C16H25N3O3S/c1-18(2)23(21,22)15-10-8-13(9-11-15)17-16(20)12-19(3)14-6-4-5-7-14/h8-11,14H,4-7,12H2,1-3H3,(H,17,20). The van der Waals surface area contributed by atoms with Gasteiger partial charge in [0.15, 0.2) is 0 Å². The van der Waals surface area contributed by atoms with Crippen molar-refractivity contribution >= 4 is 21.6 Å². The first-order valence-corrected chi connectivity index (χ1v) is 9.27. The lowest BCUT2D eigenvalue weighted by Gasteiger charge is -2.23. The Morgan fingerprint density at radius 3 is 2.22 bits per heavy atom. The zero-order valence-electron chi connectivity index (χ0n) is 13.9. The van der Waals surface area contributed by atoms with Gasteiger partial charge >= 0.3 is 0 Å². The highest BCUT2D eigenvalue weighted by atomic mass is 32.2. The molecule has 0 aliphatic heterocycles. The largest absolute Gasteiger partial charge is 0.325 e. The van der Waals surface area contributed by atoms with Crippen LogP contribution in [-0.4, -0.2) is 57.3 Å². The molecule has 0 bridgehead atoms. The first kappa shape index (κ1) is 17.9. The molecule has 2 rings (SSSR count). The average Bonchev–Trinajstić information content (AvgIpc) is 3.01. The van der Waals surface area contributed by atoms with E-state index < -0.39 is 10.0 Å². The number of hydrogen-bond donors (Lipinski definition) is 1. The molecule has 1 amide bonds. The second-order valence-electron chi connectivity index (χ2n) is 6.21. The van der Waals surface area contributed by atoms with Gasteiger partial charge in [0.25, 0.3) is 0 Å². The van der Waals surface area contributed by atoms with E-state index in [1.807, 2.05) is 7.05 Å². The average molecular weight is 339 g/mol. The third-order valence-corrected chi connectivity index (χ3v) is 6.09. The third kappa shape index (κ3) is 4.53. The Labute approximate surface area is 138 Å². The molecular weight excluding hydrogens is 314 g/mol. The molecule has 1 N–H and O–H groups in total. The second kappa shape index (κ2) is 7.42. The molecule has 1 aliphatic carbocycles. The van der Waals surface area contributed by atoms with Crippen molar-refractivity contribution in [3.8, 4) is 0 Å². The van der Waals surface area contributed by atoms with Crippen molar-refractivity contribution in [1.29, 1.82) is 0 Å². The van der Waals surface area contributed by atoms with Crippen LogP contribution in [0.15, 0.2) is 29.2 Å². The molecule has 1 aliphatic rings. The fraction of sp³-hybridized carbons (Fsp3) is 0.562. The Kier molecular flexibility index (Phi) is 5.78. The number of nitrogens with zero attached hydrogens (tertiary/aromatic N) is 2. The van der Waals surface area contributed by atoms with Crippen LogP contribution in [0.1, 0.15) is 25.7 Å². The van der Waals surface area contributed by atoms with E-state index in [0.717, 1.165) is 17.1 Å². The van der Waals surface area contributed by atoms with Gasteiger partial charge in [-0.05, 0) is 44.2 Å². The van der Waals surface area contributed by atoms with Crippen LogP contribution in [-0.2, 0) is 14.8 Å². The third-order valence-electron chi connectivity index (χ3n) is 4.26. The van der Waals surface area contributed by atoms with Crippen LogP contribution < -0.4 is 5.32 Å². The molecule has 1 saturated carbocycles. The van der Waals surface area contributed by atoms with E-state index in [2.05, 4.69) is 10.2 Å². The monoisotopic (exact) mass is 339 g/mol. The van der Waals surface area contributed by atoms with Gasteiger partial charge in [-0.15, -0.1) is 0 Å². The van der Waals surface area contributed by atoms with Crippen molar-refractivity contribution < 1.29 is 13.2 Å². The predicted octanol–water partition coefficient (Wildman–Crippen LogP) is 1.75. The number of rotatable bonds is 6. The Morgan fingerprint density at radius 1 is 1.13 bits per heavy atom. The highest BCUT2D eigenvalue weighted by molar-refractivity contribution is 7.89. The summed E-state index contributed by atoms with van der Waals surface area (Å²) in [6.45, 7) is 0.350. The van der Waals surface area contributed by atoms with Gasteiger partial charge in [0.05, 0.1) is 11.4 Å². The highest BCUT2D eigenvalue weighted by Crippen LogP contribution is 2.22. The fourth-order valence-corrected chi connectivity index (χ4v) is 3.72. The Hall–Kier alpha value is -1.44. The van der Waals surface area contributed by atoms with Crippen LogP contribution in [0.4, 0.5) is 5.69 Å². The minimum atomic E-state index is -3.44. The lowest BCUT2D eigenvalue weighted by molar-refractivity contribution is -0.117. The minimum absolute atomic E-state index is 0.0809. The normalized spacial score (nSPS) is 16.2. The number of carbonyl (C=O) groups is 1. The molecule has 23 heavy (non-hydrogen) atoms. The topological polar surface area (TPSA) is 69.7 Å². The molecule has 1 aromatic carbocycles. The van der Waals surface area contributed by atoms with Gasteiger partial charge in [0, 0.05) is 25.8 Å². The zero-order chi connectivity index (χ0) is 17.0. The maximum atomic E-state index is 12.1. The second-order valence-corrected chi connectivity index (χ2v) is 8.37. The SMILES string of the molecule is CN(CC(=O)Nc1ccc(S(=O)(=O)N(C)C)cc1)C1CCCC1. The molecule has 0 spiro atoms. The molecule has 7 heteroatoms. The van der Waals surface area contributed by atoms with Crippen LogP contribution in [0.25, 0.3) is 0 Å². The van der Waals surface area contributed by atoms with E-state index in [1.165, 1.54) is 39.1 Å². The number of sulfonamides is 1. The Bertz CT molecular complexity index is 635. The number of anilines is 1. The van der Waals surface area contributed by atoms with Gasteiger partial charge in [0.2, 0.25) is 15.9 Å². The van der Waals surface area contributed by atoms with Crippen LogP contribution >= 0.6 is 0 Å². The summed E-state index contributed by atoms with van der Waals surface area (Å²) in [6, 6.07) is 6.73. The Morgan fingerprint density at radius 2 is 1.70 bits per heavy atom. The fourth-order valence-electron chi connectivity index (χ4n) is 2.82. The van der Waals surface area contributed by atoms with E-state index >= 15 is 0 Å². The van der Waals surface area contributed by atoms with E-state index in [4.69, 9.17) is 0 Å². The quantitative estimate of drug-likeness (QED) is 0.857. The van der Waals surface area contributed by atoms with Crippen molar-refractivity contribution in [2.45, 2.75) is 36.6 Å². The number of hydrogen-bond acceptors (Lipinski definition) is 4. The minimum Gasteiger partial charge on any atom is -0.325 e. The van der Waals surface area contributed by atoms with Gasteiger partial charge in [-0.1, -0.05) is 12.8 Å². The number of likely N-dealkylation sites (N-methyl/N-ethyl adjacent to an activating group) is 1. The molecule has 0 aromatic heterocycles. The van der Waals surface area contributed by atoms with E-state index in [0.29, 0.717) is 18.3 Å². The highest BCUT2D eigenvalue weighted by Gasteiger charge is 2.21. The summed E-state index contributed by atoms with van der Waals surface area (Å²) in [5.41, 5.74) is 0.604. The lowest BCUT2D eigenvalue weighted by Crippen LogP contribution is -2.36.